The highest BCUT2D eigenvalue weighted by Gasteiger charge is 2.37. The number of thiophene rings is 1. The molecule has 1 heterocycles. The second-order valence-corrected chi connectivity index (χ2v) is 6.32. The van der Waals surface area contributed by atoms with E-state index in [1.54, 1.807) is 0 Å². The van der Waals surface area contributed by atoms with Crippen LogP contribution in [0.5, 0.6) is 0 Å². The number of alkyl halides is 2. The zero-order chi connectivity index (χ0) is 12.5. The van der Waals surface area contributed by atoms with Gasteiger partial charge in [-0.05, 0) is 40.2 Å². The van der Waals surface area contributed by atoms with E-state index in [4.69, 9.17) is 0 Å². The molecule has 1 aliphatic rings. The average molecular weight is 323 g/mol. The van der Waals surface area contributed by atoms with E-state index >= 15 is 0 Å². The summed E-state index contributed by atoms with van der Waals surface area (Å²) in [4.78, 5) is 13.0. The van der Waals surface area contributed by atoms with E-state index in [0.29, 0.717) is 19.3 Å². The van der Waals surface area contributed by atoms with E-state index in [0.717, 1.165) is 9.35 Å². The molecule has 1 saturated carbocycles. The predicted molar refractivity (Wildman–Crippen MR) is 67.6 cm³/mol. The van der Waals surface area contributed by atoms with Crippen molar-refractivity contribution in [1.29, 1.82) is 0 Å². The third kappa shape index (κ3) is 3.35. The highest BCUT2D eigenvalue weighted by molar-refractivity contribution is 9.10. The summed E-state index contributed by atoms with van der Waals surface area (Å²) in [5.41, 5.74) is 0. The predicted octanol–water partition coefficient (Wildman–Crippen LogP) is 4.45. The number of hydrogen-bond donors (Lipinski definition) is 0. The van der Waals surface area contributed by atoms with Crippen LogP contribution < -0.4 is 0 Å². The Balaban J connectivity index is 1.92. The van der Waals surface area contributed by atoms with Crippen LogP contribution in [0.25, 0.3) is 0 Å². The Morgan fingerprint density at radius 3 is 2.65 bits per heavy atom. The third-order valence-electron chi connectivity index (χ3n) is 3.20. The molecule has 0 saturated heterocycles. The number of halogens is 3. The highest BCUT2D eigenvalue weighted by Crippen LogP contribution is 2.37. The summed E-state index contributed by atoms with van der Waals surface area (Å²) in [6.45, 7) is 0. The number of Topliss-reactive ketones (excluding diaryl/α,β-unsaturated/α-hetero) is 1. The Morgan fingerprint density at radius 1 is 1.47 bits per heavy atom. The molecule has 0 N–H and O–H groups in total. The summed E-state index contributed by atoms with van der Waals surface area (Å²) in [5, 5.41) is 1.92. The van der Waals surface area contributed by atoms with Gasteiger partial charge in [0.05, 0.1) is 0 Å². The Bertz CT molecular complexity index is 406. The topological polar surface area (TPSA) is 17.1 Å². The Hall–Kier alpha value is -0.290. The fourth-order valence-corrected chi connectivity index (χ4v) is 3.62. The molecular formula is C12H13BrF2OS. The van der Waals surface area contributed by atoms with Crippen molar-refractivity contribution in [3.63, 3.8) is 0 Å². The van der Waals surface area contributed by atoms with Crippen molar-refractivity contribution in [2.24, 2.45) is 5.92 Å². The summed E-state index contributed by atoms with van der Waals surface area (Å²) >= 11 is 4.90. The van der Waals surface area contributed by atoms with Gasteiger partial charge >= 0.3 is 0 Å². The summed E-state index contributed by atoms with van der Waals surface area (Å²) in [5.74, 6) is -2.63. The van der Waals surface area contributed by atoms with Gasteiger partial charge in [0.1, 0.15) is 5.78 Å². The molecule has 1 aliphatic carbocycles. The molecule has 1 nitrogen and oxygen atoms in total. The monoisotopic (exact) mass is 322 g/mol. The number of carbonyl (C=O) groups excluding carboxylic acids is 1. The van der Waals surface area contributed by atoms with Crippen LogP contribution >= 0.6 is 27.3 Å². The average Bonchev–Trinajstić information content (AvgIpc) is 2.64. The maximum atomic E-state index is 13.0. The smallest absolute Gasteiger partial charge is 0.248 e. The van der Waals surface area contributed by atoms with Crippen LogP contribution in [0.2, 0.25) is 0 Å². The molecule has 1 fully saturated rings. The highest BCUT2D eigenvalue weighted by atomic mass is 79.9. The van der Waals surface area contributed by atoms with Crippen LogP contribution in [0.4, 0.5) is 8.78 Å². The summed E-state index contributed by atoms with van der Waals surface area (Å²) in [6.07, 6.45) is 0.738. The van der Waals surface area contributed by atoms with Crippen molar-refractivity contribution in [2.75, 3.05) is 0 Å². The SMILES string of the molecule is O=C(Cc1sccc1Br)C1CCC(F)(F)CC1. The van der Waals surface area contributed by atoms with Crippen LogP contribution in [0.15, 0.2) is 15.9 Å². The second-order valence-electron chi connectivity index (χ2n) is 4.47. The molecule has 94 valence electrons. The zero-order valence-electron chi connectivity index (χ0n) is 9.22. The van der Waals surface area contributed by atoms with Gasteiger partial charge in [0, 0.05) is 34.5 Å². The molecule has 0 bridgehead atoms. The minimum atomic E-state index is -2.56. The van der Waals surface area contributed by atoms with Gasteiger partial charge in [0.25, 0.3) is 0 Å². The van der Waals surface area contributed by atoms with Crippen molar-refractivity contribution >= 4 is 33.0 Å². The molecule has 0 amide bonds. The van der Waals surface area contributed by atoms with E-state index in [1.807, 2.05) is 11.4 Å². The lowest BCUT2D eigenvalue weighted by atomic mass is 9.83. The lowest BCUT2D eigenvalue weighted by molar-refractivity contribution is -0.126. The molecule has 1 aromatic rings. The third-order valence-corrected chi connectivity index (χ3v) is 5.12. The largest absolute Gasteiger partial charge is 0.299 e. The Morgan fingerprint density at radius 2 is 2.12 bits per heavy atom. The molecule has 2 rings (SSSR count). The molecule has 17 heavy (non-hydrogen) atoms. The first-order valence-electron chi connectivity index (χ1n) is 5.60. The fourth-order valence-electron chi connectivity index (χ4n) is 2.12. The number of carbonyl (C=O) groups is 1. The van der Waals surface area contributed by atoms with E-state index in [-0.39, 0.29) is 24.5 Å². The fraction of sp³-hybridized carbons (Fsp3) is 0.583. The maximum absolute atomic E-state index is 13.0. The van der Waals surface area contributed by atoms with Gasteiger partial charge in [-0.25, -0.2) is 8.78 Å². The van der Waals surface area contributed by atoms with Crippen LogP contribution in [0.3, 0.4) is 0 Å². The molecule has 0 aliphatic heterocycles. The first-order valence-corrected chi connectivity index (χ1v) is 7.27. The second kappa shape index (κ2) is 5.14. The number of rotatable bonds is 3. The first-order chi connectivity index (χ1) is 7.98. The van der Waals surface area contributed by atoms with Gasteiger partial charge in [-0.1, -0.05) is 0 Å². The van der Waals surface area contributed by atoms with Crippen molar-refractivity contribution in [1.82, 2.24) is 0 Å². The number of hydrogen-bond acceptors (Lipinski definition) is 2. The van der Waals surface area contributed by atoms with Crippen LogP contribution in [-0.4, -0.2) is 11.7 Å². The Labute approximate surface area is 111 Å². The lowest BCUT2D eigenvalue weighted by Gasteiger charge is -2.27. The van der Waals surface area contributed by atoms with E-state index in [1.165, 1.54) is 11.3 Å². The molecule has 0 spiro atoms. The molecule has 0 radical (unpaired) electrons. The van der Waals surface area contributed by atoms with Gasteiger partial charge in [0.15, 0.2) is 0 Å². The van der Waals surface area contributed by atoms with Crippen molar-refractivity contribution in [3.8, 4) is 0 Å². The van der Waals surface area contributed by atoms with E-state index in [9.17, 15) is 13.6 Å². The molecular weight excluding hydrogens is 310 g/mol. The van der Waals surface area contributed by atoms with Gasteiger partial charge in [0.2, 0.25) is 5.92 Å². The summed E-state index contributed by atoms with van der Waals surface area (Å²) < 4.78 is 26.9. The molecule has 1 aromatic heterocycles. The summed E-state index contributed by atoms with van der Waals surface area (Å²) in [6, 6.07) is 1.91. The normalized spacial score (nSPS) is 20.4. The lowest BCUT2D eigenvalue weighted by Crippen LogP contribution is -2.29. The van der Waals surface area contributed by atoms with E-state index in [2.05, 4.69) is 15.9 Å². The van der Waals surface area contributed by atoms with Crippen LogP contribution in [-0.2, 0) is 11.2 Å². The molecule has 0 aromatic carbocycles. The molecule has 0 unspecified atom stereocenters. The minimum absolute atomic E-state index is 0.101. The number of ketones is 1. The van der Waals surface area contributed by atoms with Crippen LogP contribution in [0.1, 0.15) is 30.6 Å². The zero-order valence-corrected chi connectivity index (χ0v) is 11.6. The first kappa shape index (κ1) is 13.1. The van der Waals surface area contributed by atoms with Gasteiger partial charge < -0.3 is 0 Å². The molecule has 0 atom stereocenters. The quantitative estimate of drug-likeness (QED) is 0.803. The Kier molecular flexibility index (Phi) is 3.98. The van der Waals surface area contributed by atoms with Gasteiger partial charge in [-0.2, -0.15) is 0 Å². The van der Waals surface area contributed by atoms with Crippen molar-refractivity contribution in [2.45, 2.75) is 38.0 Å². The van der Waals surface area contributed by atoms with Gasteiger partial charge in [-0.15, -0.1) is 11.3 Å². The standard InChI is InChI=1S/C12H13BrF2OS/c13-9-3-6-17-11(9)7-10(16)8-1-4-12(14,15)5-2-8/h3,6,8H,1-2,4-5,7H2. The van der Waals surface area contributed by atoms with Crippen molar-refractivity contribution in [3.05, 3.63) is 20.8 Å². The minimum Gasteiger partial charge on any atom is -0.299 e. The maximum Gasteiger partial charge on any atom is 0.248 e. The van der Waals surface area contributed by atoms with Crippen molar-refractivity contribution < 1.29 is 13.6 Å². The summed E-state index contributed by atoms with van der Waals surface area (Å²) in [7, 11) is 0. The van der Waals surface area contributed by atoms with E-state index < -0.39 is 5.92 Å². The van der Waals surface area contributed by atoms with Crippen LogP contribution in [0, 0.1) is 5.92 Å². The molecule has 5 heteroatoms. The van der Waals surface area contributed by atoms with Gasteiger partial charge in [-0.3, -0.25) is 4.79 Å².